The van der Waals surface area contributed by atoms with Crippen LogP contribution in [0, 0.1) is 22.7 Å². The van der Waals surface area contributed by atoms with Crippen LogP contribution in [0.4, 0.5) is 4.79 Å². The number of fused-ring (bicyclic) bond motifs is 5. The smallest absolute Gasteiger partial charge is 0.407 e. The predicted octanol–water partition coefficient (Wildman–Crippen LogP) is 2.34. The first-order chi connectivity index (χ1) is 26.1. The van der Waals surface area contributed by atoms with Gasteiger partial charge in [-0.05, 0) is 50.0 Å². The molecule has 0 radical (unpaired) electrons. The van der Waals surface area contributed by atoms with Crippen molar-refractivity contribution in [1.82, 2.24) is 5.32 Å². The fourth-order valence-electron chi connectivity index (χ4n) is 9.29. The number of hydrogen-bond acceptors (Lipinski definition) is 15. The number of ether oxygens (including phenoxy) is 6. The molecule has 11 atom stereocenters. The number of carbonyl (C=O) groups is 6. The third-order valence-corrected chi connectivity index (χ3v) is 12.3. The lowest BCUT2D eigenvalue weighted by Crippen LogP contribution is -2.82. The van der Waals surface area contributed by atoms with Crippen molar-refractivity contribution in [1.29, 1.82) is 0 Å². The fraction of sp³-hybridized carbons (Fsp3) is 0.650. The lowest BCUT2D eigenvalue weighted by Gasteiger charge is -2.67. The number of rotatable bonds is 10. The van der Waals surface area contributed by atoms with Crippen LogP contribution in [-0.2, 0) is 47.6 Å². The quantitative estimate of drug-likeness (QED) is 0.152. The Morgan fingerprint density at radius 1 is 1.00 bits per heavy atom. The van der Waals surface area contributed by atoms with E-state index in [1.54, 1.807) is 52.8 Å². The summed E-state index contributed by atoms with van der Waals surface area (Å²) in [5.74, 6) is -6.69. The van der Waals surface area contributed by atoms with Crippen molar-refractivity contribution in [3.05, 3.63) is 47.0 Å². The van der Waals surface area contributed by atoms with E-state index in [0.717, 1.165) is 13.8 Å². The van der Waals surface area contributed by atoms with Gasteiger partial charge in [0.1, 0.15) is 23.9 Å². The number of nitrogens with one attached hydrogen (secondary N) is 1. The van der Waals surface area contributed by atoms with Gasteiger partial charge in [-0.1, -0.05) is 45.9 Å². The highest BCUT2D eigenvalue weighted by Gasteiger charge is 2.78. The standard InChI is InChI=1S/C40H53NO15/c1-10-51-36(49)41-28(19(2)3)29(45)35(48)54-24-17-40(50)33(55-34(47)23-14-12-11-13-15-23)31-38(9,25(44)16-26-39(31,18-52-26)56-22(6)43)32(46)30(53-21(5)42)27(20(24)4)37(40,7)8/h11-15,19,24-26,28-31,33,44-45,50H,10,16-18H2,1-9H3,(H,41,49)/t24?,25-,26+,28-,29+,30+,31-,33-,38+,39-,40+/m0/s1. The van der Waals surface area contributed by atoms with Crippen molar-refractivity contribution >= 4 is 35.8 Å². The lowest BCUT2D eigenvalue weighted by atomic mass is 9.44. The highest BCUT2D eigenvalue weighted by Crippen LogP contribution is 2.64. The summed E-state index contributed by atoms with van der Waals surface area (Å²) in [5.41, 5.74) is -7.53. The SMILES string of the molecule is CCOC(=O)N[C@@H](C(C)C)[C@@H](O)C(=O)OC1C[C@@]2(O)[C@@H](OC(=O)c3ccccc3)[C@@H]3[C@]4(OC(C)=O)CO[C@@H]4C[C@H](O)[C@@]3(C)C(=O)[C@H](OC(C)=O)C(=C1C)C2(C)C. The predicted molar refractivity (Wildman–Crippen MR) is 193 cm³/mol. The van der Waals surface area contributed by atoms with Gasteiger partial charge in [0, 0.05) is 32.1 Å². The molecule has 1 unspecified atom stereocenters. The van der Waals surface area contributed by atoms with Gasteiger partial charge in [-0.3, -0.25) is 14.4 Å². The summed E-state index contributed by atoms with van der Waals surface area (Å²) < 4.78 is 34.9. The normalized spacial score (nSPS) is 34.2. The molecule has 0 aromatic heterocycles. The summed E-state index contributed by atoms with van der Waals surface area (Å²) in [6.45, 7) is 12.9. The Hall–Kier alpha value is -4.38. The summed E-state index contributed by atoms with van der Waals surface area (Å²) in [4.78, 5) is 81.3. The average molecular weight is 788 g/mol. The summed E-state index contributed by atoms with van der Waals surface area (Å²) in [7, 11) is 0. The number of aliphatic hydroxyl groups is 3. The van der Waals surface area contributed by atoms with Crippen LogP contribution in [0.2, 0.25) is 0 Å². The van der Waals surface area contributed by atoms with E-state index in [4.69, 9.17) is 28.4 Å². The van der Waals surface area contributed by atoms with E-state index in [9.17, 15) is 39.3 Å². The number of Topliss-reactive ketones (excluding diaryl/α,β-unsaturated/α-hetero) is 1. The van der Waals surface area contributed by atoms with E-state index in [1.165, 1.54) is 26.0 Å². The molecule has 4 N–H and O–H groups in total. The number of hydrogen-bond donors (Lipinski definition) is 4. The second kappa shape index (κ2) is 15.5. The van der Waals surface area contributed by atoms with E-state index in [0.29, 0.717) is 0 Å². The minimum atomic E-state index is -2.36. The fourth-order valence-corrected chi connectivity index (χ4v) is 9.29. The van der Waals surface area contributed by atoms with E-state index >= 15 is 4.79 Å². The van der Waals surface area contributed by atoms with Gasteiger partial charge in [0.25, 0.3) is 0 Å². The van der Waals surface area contributed by atoms with Crippen LogP contribution in [0.3, 0.4) is 0 Å². The maximum atomic E-state index is 15.3. The van der Waals surface area contributed by atoms with Gasteiger partial charge in [0.05, 0.1) is 42.3 Å². The van der Waals surface area contributed by atoms with E-state index in [2.05, 4.69) is 5.32 Å². The lowest BCUT2D eigenvalue weighted by molar-refractivity contribution is -0.346. The molecule has 56 heavy (non-hydrogen) atoms. The maximum absolute atomic E-state index is 15.3. The zero-order valence-electron chi connectivity index (χ0n) is 33.2. The molecule has 1 saturated heterocycles. The topological polar surface area (TPSA) is 231 Å². The number of esters is 4. The average Bonchev–Trinajstić information content (AvgIpc) is 3.11. The van der Waals surface area contributed by atoms with Crippen molar-refractivity contribution in [2.24, 2.45) is 22.7 Å². The van der Waals surface area contributed by atoms with Crippen LogP contribution in [0.5, 0.6) is 0 Å². The molecule has 2 bridgehead atoms. The summed E-state index contributed by atoms with van der Waals surface area (Å²) in [6, 6.07) is 6.65. The van der Waals surface area contributed by atoms with Crippen LogP contribution in [-0.4, -0.2) is 118 Å². The van der Waals surface area contributed by atoms with Gasteiger partial charge in [-0.15, -0.1) is 0 Å². The largest absolute Gasteiger partial charge is 0.456 e. The van der Waals surface area contributed by atoms with Crippen LogP contribution < -0.4 is 5.32 Å². The Balaban J connectivity index is 1.75. The second-order valence-electron chi connectivity index (χ2n) is 16.3. The van der Waals surface area contributed by atoms with Crippen molar-refractivity contribution in [3.8, 4) is 0 Å². The summed E-state index contributed by atoms with van der Waals surface area (Å²) in [6.07, 6.45) is -11.2. The molecule has 2 saturated carbocycles. The van der Waals surface area contributed by atoms with Crippen molar-refractivity contribution in [2.75, 3.05) is 13.2 Å². The molecule has 5 rings (SSSR count). The number of ketones is 1. The van der Waals surface area contributed by atoms with Gasteiger partial charge in [-0.2, -0.15) is 0 Å². The summed E-state index contributed by atoms with van der Waals surface area (Å²) in [5, 5.41) is 39.2. The molecule has 1 aliphatic heterocycles. The first-order valence-corrected chi connectivity index (χ1v) is 18.8. The van der Waals surface area contributed by atoms with Gasteiger partial charge in [-0.25, -0.2) is 14.4 Å². The molecule has 1 aromatic carbocycles. The third kappa shape index (κ3) is 6.98. The number of amides is 1. The van der Waals surface area contributed by atoms with E-state index in [-0.39, 0.29) is 36.3 Å². The Labute approximate surface area is 325 Å². The first kappa shape index (κ1) is 42.8. The number of carbonyl (C=O) groups excluding carboxylic acids is 6. The Bertz CT molecular complexity index is 1770. The minimum absolute atomic E-state index is 0.00459. The number of benzene rings is 1. The number of alkyl carbamates (subject to hydrolysis) is 1. The molecule has 308 valence electrons. The van der Waals surface area contributed by atoms with Gasteiger partial charge >= 0.3 is 30.0 Å². The molecule has 3 aliphatic carbocycles. The molecule has 1 heterocycles. The summed E-state index contributed by atoms with van der Waals surface area (Å²) >= 11 is 0. The van der Waals surface area contributed by atoms with Gasteiger partial charge in [0.15, 0.2) is 23.6 Å². The zero-order chi connectivity index (χ0) is 41.7. The van der Waals surface area contributed by atoms with Crippen LogP contribution in [0.25, 0.3) is 0 Å². The maximum Gasteiger partial charge on any atom is 0.407 e. The molecular formula is C40H53NO15. The Morgan fingerprint density at radius 2 is 1.64 bits per heavy atom. The first-order valence-electron chi connectivity index (χ1n) is 18.8. The molecule has 3 fully saturated rings. The van der Waals surface area contributed by atoms with Gasteiger partial charge in [0.2, 0.25) is 0 Å². The molecule has 4 aliphatic rings. The van der Waals surface area contributed by atoms with Crippen molar-refractivity contribution in [2.45, 2.75) is 129 Å². The molecule has 1 amide bonds. The van der Waals surface area contributed by atoms with Crippen LogP contribution >= 0.6 is 0 Å². The minimum Gasteiger partial charge on any atom is -0.456 e. The molecule has 16 heteroatoms. The van der Waals surface area contributed by atoms with E-state index in [1.807, 2.05) is 0 Å². The van der Waals surface area contributed by atoms with Crippen LogP contribution in [0.15, 0.2) is 41.5 Å². The highest BCUT2D eigenvalue weighted by molar-refractivity contribution is 5.95. The van der Waals surface area contributed by atoms with Crippen molar-refractivity contribution < 1.29 is 72.5 Å². The second-order valence-corrected chi connectivity index (χ2v) is 16.3. The molecule has 1 aromatic rings. The van der Waals surface area contributed by atoms with E-state index < -0.39 is 119 Å². The third-order valence-electron chi connectivity index (χ3n) is 12.3. The highest BCUT2D eigenvalue weighted by atomic mass is 16.6. The molecular weight excluding hydrogens is 734 g/mol. The molecule has 0 spiro atoms. The van der Waals surface area contributed by atoms with Crippen LogP contribution in [0.1, 0.15) is 85.5 Å². The monoisotopic (exact) mass is 787 g/mol. The number of aliphatic hydroxyl groups excluding tert-OH is 2. The van der Waals surface area contributed by atoms with Gasteiger partial charge < -0.3 is 49.1 Å². The Kier molecular flexibility index (Phi) is 11.8. The molecule has 16 nitrogen and oxygen atoms in total. The Morgan fingerprint density at radius 3 is 2.18 bits per heavy atom. The van der Waals surface area contributed by atoms with Crippen molar-refractivity contribution in [3.63, 3.8) is 0 Å². The zero-order valence-corrected chi connectivity index (χ0v) is 33.2.